The van der Waals surface area contributed by atoms with Gasteiger partial charge in [0, 0.05) is 124 Å². The van der Waals surface area contributed by atoms with E-state index in [0.717, 1.165) is 107 Å². The zero-order chi connectivity index (χ0) is 57.4. The van der Waals surface area contributed by atoms with Crippen LogP contribution in [0.15, 0.2) is 134 Å². The molecule has 21 heteroatoms. The first kappa shape index (κ1) is 63.7. The molecule has 3 fully saturated rings. The Labute approximate surface area is 474 Å². The lowest BCUT2D eigenvalue weighted by molar-refractivity contribution is 0.131. The molecule has 3 aliphatic heterocycles. The summed E-state index contributed by atoms with van der Waals surface area (Å²) in [5.74, 6) is 0. The van der Waals surface area contributed by atoms with Crippen molar-refractivity contribution in [3.8, 4) is 22.5 Å². The Morgan fingerprint density at radius 1 is 0.633 bits per heavy atom. The molecule has 5 heterocycles. The highest BCUT2D eigenvalue weighted by atomic mass is 35.7. The number of hydrogen-bond donors (Lipinski definition) is 2. The number of benzene rings is 4. The molecule has 2 aromatic heterocycles. The average molecular weight is 1140 g/mol. The number of carbonyl (C=O) groups excluding carboxylic acids is 2. The highest BCUT2D eigenvalue weighted by molar-refractivity contribution is 8.13. The fourth-order valence-electron chi connectivity index (χ4n) is 9.28. The van der Waals surface area contributed by atoms with Gasteiger partial charge in [-0.2, -0.15) is 0 Å². The van der Waals surface area contributed by atoms with Crippen LogP contribution in [-0.2, 0) is 36.9 Å². The Hall–Kier alpha value is -6.13. The second kappa shape index (κ2) is 32.2. The Balaban J connectivity index is 0.000000225. The number of hydrogen-bond acceptors (Lipinski definition) is 13. The molecule has 0 spiro atoms. The van der Waals surface area contributed by atoms with Crippen molar-refractivity contribution < 1.29 is 31.2 Å². The highest BCUT2D eigenvalue weighted by Crippen LogP contribution is 2.25. The second-order valence-corrected chi connectivity index (χ2v) is 24.6. The molecule has 0 atom stereocenters. The Bertz CT molecular complexity index is 2960. The van der Waals surface area contributed by atoms with Gasteiger partial charge in [0.05, 0.1) is 23.9 Å². The van der Waals surface area contributed by atoms with Crippen molar-refractivity contribution in [3.63, 3.8) is 0 Å². The molecular formula is C58H82ClN11O7S2. The summed E-state index contributed by atoms with van der Waals surface area (Å²) in [4.78, 5) is 45.7. The summed E-state index contributed by atoms with van der Waals surface area (Å²) in [6.45, 7) is 17.9. The van der Waals surface area contributed by atoms with E-state index in [4.69, 9.17) is 10.5 Å². The van der Waals surface area contributed by atoms with Gasteiger partial charge in [-0.15, -0.1) is 0 Å². The van der Waals surface area contributed by atoms with Gasteiger partial charge in [0.15, 0.2) is 0 Å². The standard InChI is InChI=1S/C24H29N5O3S.C23H27N5O.C6H15N.C4H8O.CH3ClO2S/c1-27(22-11-13-28(14-12-22)16-19-7-4-3-5-8-19)24(30)29-17-23(25-18-29)20-9-6-10-21(15-20)26-33(2,31)32;1-26(21-10-12-27(13-11-21)15-18-6-3-2-4-7-18)23(29)28-16-22(25-17-28)19-8-5-9-20(24)14-19;1-4-7(5-2)6-3;1-2-4-5-3-1;1-5(2,3)4/h3-10,15,17-18,22,26H,11-14,16H2,1-2H3;2-9,14,16-17,21H,10-13,15,24H2,1H3;4-6H2,1-3H3;1-4H2;1H3. The fraction of sp³-hybridized carbons (Fsp3) is 0.448. The molecule has 0 bridgehead atoms. The summed E-state index contributed by atoms with van der Waals surface area (Å²) in [6, 6.07) is 35.7. The Kier molecular flexibility index (Phi) is 26.0. The molecule has 79 heavy (non-hydrogen) atoms. The number of ether oxygens (including phenoxy) is 1. The number of amides is 2. The number of halogens is 1. The molecule has 430 valence electrons. The van der Waals surface area contributed by atoms with Crippen LogP contribution in [0.5, 0.6) is 0 Å². The number of nitrogens with one attached hydrogen (secondary N) is 1. The maximum absolute atomic E-state index is 13.1. The predicted molar refractivity (Wildman–Crippen MR) is 319 cm³/mol. The third-order valence-electron chi connectivity index (χ3n) is 13.7. The van der Waals surface area contributed by atoms with E-state index in [1.807, 2.05) is 61.5 Å². The van der Waals surface area contributed by atoms with Crippen LogP contribution in [0.2, 0.25) is 0 Å². The van der Waals surface area contributed by atoms with E-state index < -0.39 is 19.1 Å². The van der Waals surface area contributed by atoms with Crippen LogP contribution in [0.3, 0.4) is 0 Å². The van der Waals surface area contributed by atoms with Gasteiger partial charge in [-0.05, 0) is 93.6 Å². The smallest absolute Gasteiger partial charge is 0.329 e. The number of nitrogens with two attached hydrogens (primary N) is 1. The van der Waals surface area contributed by atoms with Gasteiger partial charge >= 0.3 is 12.1 Å². The minimum absolute atomic E-state index is 0.0471. The summed E-state index contributed by atoms with van der Waals surface area (Å²) >= 11 is 0. The SMILES string of the molecule is C1CCOC1.CCN(CC)CC.CN(C(=O)n1cnc(-c2cccc(N)c2)c1)C1CCN(Cc2ccccc2)CC1.CN(C(=O)n1cnc(-c2cccc(NS(C)(=O)=O)c2)c1)C1CCN(Cc2ccccc2)CC1.CS(=O)(=O)Cl. The fourth-order valence-corrected chi connectivity index (χ4v) is 9.83. The number of nitrogens with zero attached hydrogens (tertiary/aromatic N) is 9. The quantitative estimate of drug-likeness (QED) is 0.0819. The number of imidazole rings is 2. The van der Waals surface area contributed by atoms with Crippen LogP contribution < -0.4 is 10.5 Å². The number of sulfonamides is 1. The van der Waals surface area contributed by atoms with Gasteiger partial charge in [0.25, 0.3) is 0 Å². The third kappa shape index (κ3) is 22.9. The summed E-state index contributed by atoms with van der Waals surface area (Å²) in [6.07, 6.45) is 14.9. The maximum atomic E-state index is 13.1. The molecule has 9 rings (SSSR count). The minimum Gasteiger partial charge on any atom is -0.399 e. The normalized spacial score (nSPS) is 15.2. The molecule has 3 N–H and O–H groups in total. The van der Waals surface area contributed by atoms with E-state index in [-0.39, 0.29) is 24.1 Å². The van der Waals surface area contributed by atoms with Crippen LogP contribution >= 0.6 is 10.7 Å². The van der Waals surface area contributed by atoms with Crippen LogP contribution in [0.4, 0.5) is 21.0 Å². The molecule has 18 nitrogen and oxygen atoms in total. The van der Waals surface area contributed by atoms with E-state index in [1.54, 1.807) is 46.4 Å². The van der Waals surface area contributed by atoms with Crippen LogP contribution in [0.1, 0.15) is 70.4 Å². The number of anilines is 2. The van der Waals surface area contributed by atoms with Crippen LogP contribution in [-0.4, -0.2) is 170 Å². The summed E-state index contributed by atoms with van der Waals surface area (Å²) in [7, 11) is 1.67. The largest absolute Gasteiger partial charge is 0.399 e. The van der Waals surface area contributed by atoms with Gasteiger partial charge in [-0.1, -0.05) is 106 Å². The third-order valence-corrected chi connectivity index (χ3v) is 14.3. The summed E-state index contributed by atoms with van der Waals surface area (Å²) in [5, 5.41) is 0. The number of rotatable bonds is 13. The zero-order valence-corrected chi connectivity index (χ0v) is 49.4. The Morgan fingerprint density at radius 3 is 1.39 bits per heavy atom. The molecule has 0 radical (unpaired) electrons. The average Bonchev–Trinajstić information content (AvgIpc) is 4.33. The molecule has 0 unspecified atom stereocenters. The summed E-state index contributed by atoms with van der Waals surface area (Å²) in [5.41, 5.74) is 12.6. The molecule has 4 aromatic carbocycles. The number of carbonyl (C=O) groups is 2. The molecule has 0 aliphatic carbocycles. The molecule has 0 saturated carbocycles. The minimum atomic E-state index is -3.37. The molecule has 3 aliphatic rings. The van der Waals surface area contributed by atoms with Gasteiger partial charge in [0.2, 0.25) is 19.1 Å². The summed E-state index contributed by atoms with van der Waals surface area (Å²) < 4.78 is 52.2. The van der Waals surface area contributed by atoms with Crippen molar-refractivity contribution in [2.45, 2.75) is 84.5 Å². The maximum Gasteiger partial charge on any atom is 0.329 e. The van der Waals surface area contributed by atoms with Crippen molar-refractivity contribution in [1.29, 1.82) is 0 Å². The van der Waals surface area contributed by atoms with Crippen molar-refractivity contribution >= 4 is 53.2 Å². The van der Waals surface area contributed by atoms with E-state index in [9.17, 15) is 26.4 Å². The zero-order valence-electron chi connectivity index (χ0n) is 47.0. The topological polar surface area (TPSA) is 202 Å². The number of likely N-dealkylation sites (tertiary alicyclic amines) is 2. The number of piperidine rings is 2. The van der Waals surface area contributed by atoms with E-state index >= 15 is 0 Å². The van der Waals surface area contributed by atoms with Crippen molar-refractivity contribution in [3.05, 3.63) is 145 Å². The van der Waals surface area contributed by atoms with Gasteiger partial charge in [-0.3, -0.25) is 23.7 Å². The molecule has 3 saturated heterocycles. The van der Waals surface area contributed by atoms with Crippen molar-refractivity contribution in [2.75, 3.05) is 96.1 Å². The monoisotopic (exact) mass is 1140 g/mol. The van der Waals surface area contributed by atoms with Crippen molar-refractivity contribution in [1.82, 2.24) is 43.6 Å². The van der Waals surface area contributed by atoms with Gasteiger partial charge in [0.1, 0.15) is 12.7 Å². The number of aromatic nitrogens is 4. The lowest BCUT2D eigenvalue weighted by Crippen LogP contribution is -2.46. The molecular weight excluding hydrogens is 1060 g/mol. The first-order valence-electron chi connectivity index (χ1n) is 27.0. The van der Waals surface area contributed by atoms with E-state index in [0.29, 0.717) is 17.1 Å². The van der Waals surface area contributed by atoms with Crippen LogP contribution in [0.25, 0.3) is 22.5 Å². The lowest BCUT2D eigenvalue weighted by Gasteiger charge is -2.36. The van der Waals surface area contributed by atoms with E-state index in [2.05, 4.69) is 109 Å². The Morgan fingerprint density at radius 2 is 1.04 bits per heavy atom. The highest BCUT2D eigenvalue weighted by Gasteiger charge is 2.28. The predicted octanol–water partition coefficient (Wildman–Crippen LogP) is 9.51. The lowest BCUT2D eigenvalue weighted by atomic mass is 10.0. The van der Waals surface area contributed by atoms with Crippen molar-refractivity contribution in [2.24, 2.45) is 0 Å². The van der Waals surface area contributed by atoms with Crippen LogP contribution in [0, 0.1) is 0 Å². The first-order chi connectivity index (χ1) is 37.7. The molecule has 2 amide bonds. The molecule has 6 aromatic rings. The first-order valence-corrected chi connectivity index (χ1v) is 31.6. The van der Waals surface area contributed by atoms with E-state index in [1.165, 1.54) is 54.5 Å². The second-order valence-electron chi connectivity index (χ2n) is 19.8. The van der Waals surface area contributed by atoms with Gasteiger partial charge in [-0.25, -0.2) is 36.4 Å². The van der Waals surface area contributed by atoms with Gasteiger partial charge < -0.3 is 25.2 Å². The number of nitrogen functional groups attached to an aromatic ring is 1.